The minimum atomic E-state index is -0.0935. The highest BCUT2D eigenvalue weighted by Gasteiger charge is 2.44. The van der Waals surface area contributed by atoms with Crippen molar-refractivity contribution >= 4 is 11.8 Å². The van der Waals surface area contributed by atoms with Crippen LogP contribution in [-0.2, 0) is 25.5 Å². The molecule has 0 spiro atoms. The van der Waals surface area contributed by atoms with Crippen molar-refractivity contribution in [3.8, 4) is 0 Å². The number of likely N-dealkylation sites (tertiary alicyclic amines) is 1. The highest BCUT2D eigenvalue weighted by molar-refractivity contribution is 5.80. The molecule has 130 valence electrons. The normalized spacial score (nSPS) is 23.5. The van der Waals surface area contributed by atoms with Gasteiger partial charge in [0.25, 0.3) is 0 Å². The molecule has 2 aliphatic heterocycles. The fourth-order valence-electron chi connectivity index (χ4n) is 3.34. The molecule has 0 bridgehead atoms. The lowest BCUT2D eigenvalue weighted by atomic mass is 10.1. The highest BCUT2D eigenvalue weighted by atomic mass is 16.5. The van der Waals surface area contributed by atoms with Crippen molar-refractivity contribution in [3.63, 3.8) is 0 Å². The largest absolute Gasteiger partial charge is 0.372 e. The molecule has 3 rings (SSSR count). The van der Waals surface area contributed by atoms with E-state index in [2.05, 4.69) is 12.1 Å². The third-order valence-electron chi connectivity index (χ3n) is 4.65. The predicted molar refractivity (Wildman–Crippen MR) is 88.5 cm³/mol. The van der Waals surface area contributed by atoms with Gasteiger partial charge in [0.1, 0.15) is 13.2 Å². The first-order valence-corrected chi connectivity index (χ1v) is 8.49. The Hall–Kier alpha value is -1.92. The van der Waals surface area contributed by atoms with Crippen molar-refractivity contribution in [2.24, 2.45) is 0 Å². The Labute approximate surface area is 142 Å². The van der Waals surface area contributed by atoms with E-state index in [1.165, 1.54) is 5.56 Å². The van der Waals surface area contributed by atoms with Crippen LogP contribution in [0.25, 0.3) is 0 Å². The summed E-state index contributed by atoms with van der Waals surface area (Å²) in [5, 5.41) is 0. The molecule has 0 radical (unpaired) electrons. The third-order valence-corrected chi connectivity index (χ3v) is 4.65. The zero-order chi connectivity index (χ0) is 16.9. The molecule has 0 unspecified atom stereocenters. The van der Waals surface area contributed by atoms with Gasteiger partial charge in [-0.2, -0.15) is 0 Å². The average Bonchev–Trinajstić information content (AvgIpc) is 3.04. The van der Waals surface area contributed by atoms with Crippen LogP contribution in [0.2, 0.25) is 0 Å². The summed E-state index contributed by atoms with van der Waals surface area (Å²) >= 11 is 0. The summed E-state index contributed by atoms with van der Waals surface area (Å²) in [5.41, 5.74) is 1.20. The van der Waals surface area contributed by atoms with E-state index in [1.807, 2.05) is 30.0 Å². The number of rotatable bonds is 6. The fourth-order valence-corrected chi connectivity index (χ4v) is 3.34. The van der Waals surface area contributed by atoms with E-state index in [-0.39, 0.29) is 37.2 Å². The number of benzene rings is 1. The van der Waals surface area contributed by atoms with Crippen molar-refractivity contribution in [3.05, 3.63) is 35.9 Å². The summed E-state index contributed by atoms with van der Waals surface area (Å²) in [6.07, 6.45) is 0.715. The molecule has 2 heterocycles. The molecule has 0 aliphatic carbocycles. The van der Waals surface area contributed by atoms with Crippen LogP contribution in [0.4, 0.5) is 0 Å². The summed E-state index contributed by atoms with van der Waals surface area (Å²) in [5.74, 6) is -0.0309. The number of carbonyl (C=O) groups excluding carboxylic acids is 2. The maximum absolute atomic E-state index is 12.3. The van der Waals surface area contributed by atoms with Gasteiger partial charge < -0.3 is 19.3 Å². The molecular weight excluding hydrogens is 308 g/mol. The number of nitrogens with zero attached hydrogens (tertiary/aromatic N) is 2. The van der Waals surface area contributed by atoms with Gasteiger partial charge in [0, 0.05) is 26.2 Å². The molecule has 1 aromatic rings. The van der Waals surface area contributed by atoms with Gasteiger partial charge in [0.05, 0.1) is 12.1 Å². The van der Waals surface area contributed by atoms with Gasteiger partial charge in [-0.15, -0.1) is 0 Å². The van der Waals surface area contributed by atoms with Crippen LogP contribution < -0.4 is 0 Å². The Bertz CT molecular complexity index is 578. The first-order valence-electron chi connectivity index (χ1n) is 8.49. The molecule has 1 aromatic carbocycles. The van der Waals surface area contributed by atoms with E-state index in [0.717, 1.165) is 6.42 Å². The van der Waals surface area contributed by atoms with Crippen LogP contribution in [0.1, 0.15) is 12.5 Å². The van der Waals surface area contributed by atoms with Crippen molar-refractivity contribution in [1.82, 2.24) is 9.80 Å². The Kier molecular flexibility index (Phi) is 5.48. The van der Waals surface area contributed by atoms with Crippen LogP contribution in [0.3, 0.4) is 0 Å². The topological polar surface area (TPSA) is 59.1 Å². The zero-order valence-electron chi connectivity index (χ0n) is 14.0. The van der Waals surface area contributed by atoms with Crippen LogP contribution in [-0.4, -0.2) is 73.2 Å². The molecular formula is C18H24N2O4. The van der Waals surface area contributed by atoms with E-state index in [1.54, 1.807) is 4.90 Å². The van der Waals surface area contributed by atoms with Crippen LogP contribution in [0.5, 0.6) is 0 Å². The minimum absolute atomic E-state index is 0.00582. The van der Waals surface area contributed by atoms with Gasteiger partial charge in [0.2, 0.25) is 11.8 Å². The van der Waals surface area contributed by atoms with E-state index in [9.17, 15) is 9.59 Å². The second kappa shape index (κ2) is 7.77. The summed E-state index contributed by atoms with van der Waals surface area (Å²) in [4.78, 5) is 28.1. The summed E-state index contributed by atoms with van der Waals surface area (Å²) in [7, 11) is 0. The average molecular weight is 332 g/mol. The zero-order valence-corrected chi connectivity index (χ0v) is 14.0. The smallest absolute Gasteiger partial charge is 0.248 e. The molecule has 2 atom stereocenters. The second-order valence-electron chi connectivity index (χ2n) is 6.18. The van der Waals surface area contributed by atoms with Gasteiger partial charge >= 0.3 is 0 Å². The van der Waals surface area contributed by atoms with Gasteiger partial charge in [-0.25, -0.2) is 0 Å². The Morgan fingerprint density at radius 2 is 2.08 bits per heavy atom. The lowest BCUT2D eigenvalue weighted by molar-refractivity contribution is -0.152. The first kappa shape index (κ1) is 16.9. The van der Waals surface area contributed by atoms with Crippen LogP contribution in [0.15, 0.2) is 30.3 Å². The number of fused-ring (bicyclic) bond motifs is 1. The lowest BCUT2D eigenvalue weighted by Gasteiger charge is -2.36. The molecule has 6 nitrogen and oxygen atoms in total. The maximum atomic E-state index is 12.3. The molecule has 6 heteroatoms. The van der Waals surface area contributed by atoms with Gasteiger partial charge in [-0.1, -0.05) is 30.3 Å². The SMILES string of the molecule is CCOCC(=O)N1C[C@@H]2OCC(=O)N(CCc3ccccc3)[C@H]2C1. The fraction of sp³-hybridized carbons (Fsp3) is 0.556. The molecule has 24 heavy (non-hydrogen) atoms. The van der Waals surface area contributed by atoms with Crippen molar-refractivity contribution in [2.75, 3.05) is 39.5 Å². The molecule has 2 saturated heterocycles. The summed E-state index contributed by atoms with van der Waals surface area (Å²) in [6, 6.07) is 10.1. The standard InChI is InChI=1S/C18H24N2O4/c1-2-23-12-17(21)19-10-15-16(11-19)24-13-18(22)20(15)9-8-14-6-4-3-5-7-14/h3-7,15-16H,2,8-13H2,1H3/t15-,16-/m0/s1. The van der Waals surface area contributed by atoms with E-state index < -0.39 is 0 Å². The van der Waals surface area contributed by atoms with Crippen molar-refractivity contribution in [1.29, 1.82) is 0 Å². The Balaban J connectivity index is 1.61. The minimum Gasteiger partial charge on any atom is -0.372 e. The number of hydrogen-bond donors (Lipinski definition) is 0. The number of carbonyl (C=O) groups is 2. The molecule has 0 saturated carbocycles. The molecule has 0 aromatic heterocycles. The molecule has 2 aliphatic rings. The third kappa shape index (κ3) is 3.76. The number of hydrogen-bond acceptors (Lipinski definition) is 4. The first-order chi connectivity index (χ1) is 11.7. The molecule has 2 amide bonds. The van der Waals surface area contributed by atoms with Crippen molar-refractivity contribution in [2.45, 2.75) is 25.5 Å². The molecule has 2 fully saturated rings. The quantitative estimate of drug-likeness (QED) is 0.770. The van der Waals surface area contributed by atoms with E-state index >= 15 is 0 Å². The maximum Gasteiger partial charge on any atom is 0.248 e. The monoisotopic (exact) mass is 332 g/mol. The number of morpholine rings is 1. The number of ether oxygens (including phenoxy) is 2. The van der Waals surface area contributed by atoms with E-state index in [4.69, 9.17) is 9.47 Å². The molecule has 0 N–H and O–H groups in total. The van der Waals surface area contributed by atoms with Crippen LogP contribution >= 0.6 is 0 Å². The Morgan fingerprint density at radius 1 is 1.29 bits per heavy atom. The van der Waals surface area contributed by atoms with Gasteiger partial charge in [0.15, 0.2) is 0 Å². The number of amides is 2. The van der Waals surface area contributed by atoms with Crippen LogP contribution in [0, 0.1) is 0 Å². The highest BCUT2D eigenvalue weighted by Crippen LogP contribution is 2.24. The lowest BCUT2D eigenvalue weighted by Crippen LogP contribution is -2.54. The van der Waals surface area contributed by atoms with Gasteiger partial charge in [-0.3, -0.25) is 9.59 Å². The summed E-state index contributed by atoms with van der Waals surface area (Å²) < 4.78 is 10.9. The predicted octanol–water partition coefficient (Wildman–Crippen LogP) is 0.704. The van der Waals surface area contributed by atoms with E-state index in [0.29, 0.717) is 26.2 Å². The summed E-state index contributed by atoms with van der Waals surface area (Å²) in [6.45, 7) is 4.29. The van der Waals surface area contributed by atoms with Gasteiger partial charge in [-0.05, 0) is 18.9 Å². The Morgan fingerprint density at radius 3 is 2.83 bits per heavy atom. The second-order valence-corrected chi connectivity index (χ2v) is 6.18. The van der Waals surface area contributed by atoms with Crippen molar-refractivity contribution < 1.29 is 19.1 Å².